The first-order valence-corrected chi connectivity index (χ1v) is 10.5. The first kappa shape index (κ1) is 21.7. The Morgan fingerprint density at radius 2 is 1.88 bits per heavy atom. The van der Waals surface area contributed by atoms with Crippen LogP contribution in [0.2, 0.25) is 0 Å². The predicted molar refractivity (Wildman–Crippen MR) is 114 cm³/mol. The van der Waals surface area contributed by atoms with Gasteiger partial charge in [0, 0.05) is 42.9 Å². The highest BCUT2D eigenvalue weighted by molar-refractivity contribution is 7.99. The number of nitro benzene ring substituents is 1. The number of non-ortho nitro benzene ring substituents is 1. The molecule has 3 aromatic rings. The van der Waals surface area contributed by atoms with Crippen molar-refractivity contribution in [1.82, 2.24) is 14.8 Å². The number of aryl methyl sites for hydroxylation is 1. The SMILES string of the molecule is Cn1cnnc1Sc1ccc([N+](=O)[O-])cc1C(=O)Nc1c(F)cc(N2CCCC2)cc1F. The summed E-state index contributed by atoms with van der Waals surface area (Å²) in [6, 6.07) is 6.03. The van der Waals surface area contributed by atoms with Crippen molar-refractivity contribution in [3.63, 3.8) is 0 Å². The van der Waals surface area contributed by atoms with Crippen molar-refractivity contribution in [2.45, 2.75) is 22.9 Å². The molecule has 1 amide bonds. The number of anilines is 2. The summed E-state index contributed by atoms with van der Waals surface area (Å²) < 4.78 is 31.0. The second-order valence-electron chi connectivity index (χ2n) is 7.20. The van der Waals surface area contributed by atoms with Gasteiger partial charge in [0.25, 0.3) is 11.6 Å². The van der Waals surface area contributed by atoms with Crippen molar-refractivity contribution in [1.29, 1.82) is 0 Å². The van der Waals surface area contributed by atoms with Gasteiger partial charge in [-0.1, -0.05) is 0 Å². The van der Waals surface area contributed by atoms with Gasteiger partial charge in [0.1, 0.15) is 12.0 Å². The molecule has 0 bridgehead atoms. The van der Waals surface area contributed by atoms with Crippen LogP contribution in [-0.2, 0) is 7.05 Å². The number of nitro groups is 1. The third-order valence-electron chi connectivity index (χ3n) is 5.03. The fourth-order valence-electron chi connectivity index (χ4n) is 3.38. The summed E-state index contributed by atoms with van der Waals surface area (Å²) in [7, 11) is 1.69. The molecule has 0 saturated carbocycles. The molecule has 32 heavy (non-hydrogen) atoms. The maximum absolute atomic E-state index is 14.7. The molecular formula is C20H18F2N6O3S. The van der Waals surface area contributed by atoms with E-state index in [-0.39, 0.29) is 11.3 Å². The van der Waals surface area contributed by atoms with E-state index in [0.717, 1.165) is 30.7 Å². The number of halogens is 2. The number of carbonyl (C=O) groups excluding carboxylic acids is 1. The number of rotatable bonds is 6. The number of aromatic nitrogens is 3. The van der Waals surface area contributed by atoms with Gasteiger partial charge in [0.05, 0.1) is 10.5 Å². The van der Waals surface area contributed by atoms with Crippen molar-refractivity contribution in [3.05, 3.63) is 64.0 Å². The van der Waals surface area contributed by atoms with Crippen molar-refractivity contribution in [2.75, 3.05) is 23.3 Å². The summed E-state index contributed by atoms with van der Waals surface area (Å²) >= 11 is 1.05. The minimum atomic E-state index is -0.923. The van der Waals surface area contributed by atoms with Crippen LogP contribution >= 0.6 is 11.8 Å². The van der Waals surface area contributed by atoms with Crippen LogP contribution in [0.3, 0.4) is 0 Å². The Bertz CT molecular complexity index is 1170. The van der Waals surface area contributed by atoms with Crippen molar-refractivity contribution >= 4 is 34.7 Å². The summed E-state index contributed by atoms with van der Waals surface area (Å²) in [6.45, 7) is 1.42. The van der Waals surface area contributed by atoms with Gasteiger partial charge in [-0.3, -0.25) is 14.9 Å². The van der Waals surface area contributed by atoms with Gasteiger partial charge in [0.2, 0.25) is 0 Å². The quantitative estimate of drug-likeness (QED) is 0.438. The summed E-state index contributed by atoms with van der Waals surface area (Å²) in [5.74, 6) is -2.73. The van der Waals surface area contributed by atoms with Crippen LogP contribution in [0, 0.1) is 21.7 Å². The number of benzene rings is 2. The zero-order chi connectivity index (χ0) is 22.8. The molecule has 0 spiro atoms. The van der Waals surface area contributed by atoms with Crippen LogP contribution in [0.1, 0.15) is 23.2 Å². The topological polar surface area (TPSA) is 106 Å². The second kappa shape index (κ2) is 8.91. The van der Waals surface area contributed by atoms with Gasteiger partial charge < -0.3 is 14.8 Å². The largest absolute Gasteiger partial charge is 0.371 e. The molecule has 1 aliphatic rings. The van der Waals surface area contributed by atoms with E-state index < -0.39 is 28.2 Å². The highest BCUT2D eigenvalue weighted by Gasteiger charge is 2.23. The van der Waals surface area contributed by atoms with E-state index in [4.69, 9.17) is 0 Å². The van der Waals surface area contributed by atoms with Gasteiger partial charge >= 0.3 is 0 Å². The molecule has 0 atom stereocenters. The molecular weight excluding hydrogens is 442 g/mol. The molecule has 1 aromatic heterocycles. The average Bonchev–Trinajstić information content (AvgIpc) is 3.43. The number of carbonyl (C=O) groups is 1. The van der Waals surface area contributed by atoms with E-state index in [0.29, 0.717) is 28.8 Å². The van der Waals surface area contributed by atoms with Crippen LogP contribution < -0.4 is 10.2 Å². The molecule has 0 aliphatic carbocycles. The first-order chi connectivity index (χ1) is 15.3. The summed E-state index contributed by atoms with van der Waals surface area (Å²) in [5.41, 5.74) is -0.652. The van der Waals surface area contributed by atoms with Crippen LogP contribution in [-0.4, -0.2) is 38.7 Å². The lowest BCUT2D eigenvalue weighted by molar-refractivity contribution is -0.384. The lowest BCUT2D eigenvalue weighted by Gasteiger charge is -2.19. The molecule has 1 N–H and O–H groups in total. The molecule has 4 rings (SSSR count). The molecule has 2 aromatic carbocycles. The Labute approximate surface area is 185 Å². The monoisotopic (exact) mass is 460 g/mol. The average molecular weight is 460 g/mol. The van der Waals surface area contributed by atoms with E-state index in [1.807, 2.05) is 4.90 Å². The van der Waals surface area contributed by atoms with E-state index in [1.165, 1.54) is 30.6 Å². The molecule has 1 aliphatic heterocycles. The first-order valence-electron chi connectivity index (χ1n) is 9.69. The van der Waals surface area contributed by atoms with Crippen molar-refractivity contribution < 1.29 is 18.5 Å². The van der Waals surface area contributed by atoms with Gasteiger partial charge in [-0.25, -0.2) is 8.78 Å². The number of nitrogens with one attached hydrogen (secondary N) is 1. The zero-order valence-electron chi connectivity index (χ0n) is 16.9. The molecule has 1 saturated heterocycles. The maximum atomic E-state index is 14.7. The third kappa shape index (κ3) is 4.40. The Morgan fingerprint density at radius 3 is 2.47 bits per heavy atom. The molecule has 1 fully saturated rings. The molecule has 0 unspecified atom stereocenters. The molecule has 2 heterocycles. The maximum Gasteiger partial charge on any atom is 0.270 e. The third-order valence-corrected chi connectivity index (χ3v) is 6.15. The van der Waals surface area contributed by atoms with Crippen LogP contribution in [0.5, 0.6) is 0 Å². The smallest absolute Gasteiger partial charge is 0.270 e. The van der Waals surface area contributed by atoms with Gasteiger partial charge in [-0.2, -0.15) is 0 Å². The van der Waals surface area contributed by atoms with E-state index in [9.17, 15) is 23.7 Å². The Morgan fingerprint density at radius 1 is 1.19 bits per heavy atom. The number of hydrogen-bond donors (Lipinski definition) is 1. The van der Waals surface area contributed by atoms with Gasteiger partial charge in [-0.15, -0.1) is 10.2 Å². The molecule has 9 nitrogen and oxygen atoms in total. The summed E-state index contributed by atoms with van der Waals surface area (Å²) in [6.07, 6.45) is 3.35. The lowest BCUT2D eigenvalue weighted by Crippen LogP contribution is -2.19. The van der Waals surface area contributed by atoms with Crippen LogP contribution in [0.15, 0.2) is 46.7 Å². The van der Waals surface area contributed by atoms with E-state index in [1.54, 1.807) is 11.6 Å². The minimum absolute atomic E-state index is 0.116. The Hall–Kier alpha value is -3.54. The number of nitrogens with zero attached hydrogens (tertiary/aromatic N) is 5. The molecule has 0 radical (unpaired) electrons. The summed E-state index contributed by atoms with van der Waals surface area (Å²) in [4.78, 5) is 25.7. The fraction of sp³-hybridized carbons (Fsp3) is 0.250. The second-order valence-corrected chi connectivity index (χ2v) is 8.21. The molecule has 166 valence electrons. The normalized spacial score (nSPS) is 13.4. The highest BCUT2D eigenvalue weighted by atomic mass is 32.2. The zero-order valence-corrected chi connectivity index (χ0v) is 17.7. The van der Waals surface area contributed by atoms with E-state index >= 15 is 0 Å². The Kier molecular flexibility index (Phi) is 6.04. The standard InChI is InChI=1S/C20H18F2N6O3S/c1-26-11-23-25-20(26)32-17-5-4-12(28(30)31)8-14(17)19(29)24-18-15(21)9-13(10-16(18)22)27-6-2-3-7-27/h4-5,8-11H,2-3,6-7H2,1H3,(H,24,29). The van der Waals surface area contributed by atoms with Gasteiger partial charge in [-0.05, 0) is 42.8 Å². The van der Waals surface area contributed by atoms with Gasteiger partial charge in [0.15, 0.2) is 16.8 Å². The van der Waals surface area contributed by atoms with Crippen molar-refractivity contribution in [2.24, 2.45) is 7.05 Å². The number of amides is 1. The lowest BCUT2D eigenvalue weighted by atomic mass is 10.1. The van der Waals surface area contributed by atoms with Crippen LogP contribution in [0.4, 0.5) is 25.8 Å². The molecule has 12 heteroatoms. The Balaban J connectivity index is 1.65. The van der Waals surface area contributed by atoms with E-state index in [2.05, 4.69) is 15.5 Å². The minimum Gasteiger partial charge on any atom is -0.371 e. The van der Waals surface area contributed by atoms with Crippen LogP contribution in [0.25, 0.3) is 0 Å². The predicted octanol–water partition coefficient (Wildman–Crippen LogP) is 4.01. The fourth-order valence-corrected chi connectivity index (χ4v) is 4.25. The highest BCUT2D eigenvalue weighted by Crippen LogP contribution is 2.33. The summed E-state index contributed by atoms with van der Waals surface area (Å²) in [5, 5.41) is 21.5. The van der Waals surface area contributed by atoms with Crippen molar-refractivity contribution in [3.8, 4) is 0 Å². The number of hydrogen-bond acceptors (Lipinski definition) is 7.